The van der Waals surface area contributed by atoms with Crippen molar-refractivity contribution in [3.05, 3.63) is 53.6 Å². The molecule has 0 aromatic heterocycles. The van der Waals surface area contributed by atoms with E-state index in [2.05, 4.69) is 5.32 Å². The maximum absolute atomic E-state index is 14.1. The van der Waals surface area contributed by atoms with Crippen LogP contribution in [0.1, 0.15) is 94.8 Å². The molecule has 0 aliphatic carbocycles. The normalized spacial score (nSPS) is 31.9. The molecule has 0 spiro atoms. The Morgan fingerprint density at radius 1 is 0.903 bits per heavy atom. The van der Waals surface area contributed by atoms with E-state index in [1.165, 1.54) is 19.2 Å². The van der Waals surface area contributed by atoms with Crippen LogP contribution in [0.5, 0.6) is 0 Å². The first-order chi connectivity index (χ1) is 29.7. The molecule has 3 saturated heterocycles. The minimum absolute atomic E-state index is 0.0167. The predicted octanol–water partition coefficient (Wildman–Crippen LogP) is 3.70. The van der Waals surface area contributed by atoms with E-state index in [9.17, 15) is 34.5 Å². The first-order valence-electron chi connectivity index (χ1n) is 21.6. The number of cyclic esters (lactones) is 1. The summed E-state index contributed by atoms with van der Waals surface area (Å²) < 4.78 is 51.8. The molecule has 17 heteroatoms. The van der Waals surface area contributed by atoms with Crippen molar-refractivity contribution in [1.82, 2.24) is 0 Å². The molecule has 9 atom stereocenters. The molecule has 1 amide bonds. The Morgan fingerprint density at radius 2 is 1.61 bits per heavy atom. The van der Waals surface area contributed by atoms with Crippen molar-refractivity contribution in [3.63, 3.8) is 0 Å². The Labute approximate surface area is 363 Å². The number of anilines is 1. The summed E-state index contributed by atoms with van der Waals surface area (Å²) in [6.45, 7) is 3.82. The lowest BCUT2D eigenvalue weighted by atomic mass is 9.74. The lowest BCUT2D eigenvalue weighted by Gasteiger charge is -2.51. The van der Waals surface area contributed by atoms with E-state index in [4.69, 9.17) is 42.6 Å². The molecule has 4 heterocycles. The van der Waals surface area contributed by atoms with Crippen LogP contribution in [0.3, 0.4) is 0 Å². The molecule has 1 aromatic carbocycles. The van der Waals surface area contributed by atoms with Gasteiger partial charge in [-0.05, 0) is 75.1 Å². The Balaban J connectivity index is 1.42. The number of rotatable bonds is 13. The fourth-order valence-corrected chi connectivity index (χ4v) is 8.32. The third-order valence-corrected chi connectivity index (χ3v) is 11.6. The van der Waals surface area contributed by atoms with Gasteiger partial charge in [0.1, 0.15) is 12.7 Å². The predicted molar refractivity (Wildman–Crippen MR) is 222 cm³/mol. The number of hydrogen-bond acceptors (Lipinski definition) is 16. The molecule has 0 unspecified atom stereocenters. The van der Waals surface area contributed by atoms with E-state index in [1.807, 2.05) is 6.08 Å². The lowest BCUT2D eigenvalue weighted by Crippen LogP contribution is -2.62. The molecule has 6 bridgehead atoms. The first-order valence-corrected chi connectivity index (χ1v) is 21.6. The molecule has 346 valence electrons. The van der Waals surface area contributed by atoms with Gasteiger partial charge in [0.25, 0.3) is 0 Å². The zero-order valence-electron chi connectivity index (χ0n) is 36.3. The maximum Gasteiger partial charge on any atom is 0.339 e. The van der Waals surface area contributed by atoms with Gasteiger partial charge in [-0.2, -0.15) is 0 Å². The van der Waals surface area contributed by atoms with Crippen molar-refractivity contribution in [2.24, 2.45) is 5.41 Å². The summed E-state index contributed by atoms with van der Waals surface area (Å²) >= 11 is 0. The molecule has 5 rings (SSSR count). The zero-order chi connectivity index (χ0) is 44.7. The van der Waals surface area contributed by atoms with Crippen LogP contribution in [0, 0.1) is 5.41 Å². The highest BCUT2D eigenvalue weighted by molar-refractivity contribution is 5.95. The number of amides is 1. The van der Waals surface area contributed by atoms with E-state index in [0.29, 0.717) is 19.6 Å². The molecule has 62 heavy (non-hydrogen) atoms. The maximum atomic E-state index is 14.1. The second-order valence-corrected chi connectivity index (χ2v) is 16.9. The van der Waals surface area contributed by atoms with Crippen molar-refractivity contribution >= 4 is 29.5 Å². The van der Waals surface area contributed by atoms with Crippen LogP contribution in [0.4, 0.5) is 5.69 Å². The van der Waals surface area contributed by atoms with Crippen LogP contribution in [-0.2, 0) is 57.0 Å². The van der Waals surface area contributed by atoms with E-state index in [0.717, 1.165) is 44.6 Å². The smallest absolute Gasteiger partial charge is 0.339 e. The van der Waals surface area contributed by atoms with Gasteiger partial charge in [-0.25, -0.2) is 9.59 Å². The van der Waals surface area contributed by atoms with Gasteiger partial charge in [-0.1, -0.05) is 32.1 Å². The van der Waals surface area contributed by atoms with Crippen LogP contribution in [0.2, 0.25) is 0 Å². The molecule has 4 N–H and O–H groups in total. The average Bonchev–Trinajstić information content (AvgIpc) is 3.23. The number of ether oxygens (including phenoxy) is 9. The number of aliphatic hydroxyl groups is 3. The van der Waals surface area contributed by atoms with Gasteiger partial charge >= 0.3 is 17.9 Å². The van der Waals surface area contributed by atoms with Crippen molar-refractivity contribution < 1.29 is 77.1 Å². The molecule has 4 aliphatic heterocycles. The van der Waals surface area contributed by atoms with Gasteiger partial charge in [0.05, 0.1) is 88.8 Å². The number of nitrogens with one attached hydrogen (secondary N) is 1. The molecular formula is C45H65NO16. The zero-order valence-corrected chi connectivity index (χ0v) is 36.3. The van der Waals surface area contributed by atoms with Crippen LogP contribution in [0.25, 0.3) is 0 Å². The van der Waals surface area contributed by atoms with Crippen LogP contribution in [0.15, 0.2) is 48.1 Å². The summed E-state index contributed by atoms with van der Waals surface area (Å²) in [5, 5.41) is 36.8. The number of esters is 3. The van der Waals surface area contributed by atoms with Gasteiger partial charge in [0.2, 0.25) is 11.7 Å². The second kappa shape index (κ2) is 23.8. The second-order valence-electron chi connectivity index (χ2n) is 16.9. The Hall–Kier alpha value is -3.78. The lowest BCUT2D eigenvalue weighted by molar-refractivity contribution is -0.324. The fraction of sp³-hybridized carbons (Fsp3) is 0.689. The molecule has 4 aliphatic rings. The van der Waals surface area contributed by atoms with Crippen molar-refractivity contribution in [1.29, 1.82) is 0 Å². The summed E-state index contributed by atoms with van der Waals surface area (Å²) in [4.78, 5) is 52.7. The van der Waals surface area contributed by atoms with Gasteiger partial charge in [-0.3, -0.25) is 9.59 Å². The summed E-state index contributed by atoms with van der Waals surface area (Å²) in [5.41, 5.74) is -0.928. The first kappa shape index (κ1) is 49.2. The average molecular weight is 876 g/mol. The van der Waals surface area contributed by atoms with Gasteiger partial charge in [0, 0.05) is 37.1 Å². The van der Waals surface area contributed by atoms with E-state index < -0.39 is 66.0 Å². The highest BCUT2D eigenvalue weighted by atomic mass is 16.7. The minimum atomic E-state index is -2.38. The van der Waals surface area contributed by atoms with Crippen LogP contribution >= 0.6 is 0 Å². The highest BCUT2D eigenvalue weighted by Gasteiger charge is 2.57. The summed E-state index contributed by atoms with van der Waals surface area (Å²) in [6.07, 6.45) is 4.67. The van der Waals surface area contributed by atoms with Gasteiger partial charge in [-0.15, -0.1) is 0 Å². The molecule has 17 nitrogen and oxygen atoms in total. The van der Waals surface area contributed by atoms with Crippen molar-refractivity contribution in [2.45, 2.75) is 139 Å². The van der Waals surface area contributed by atoms with Crippen LogP contribution < -0.4 is 5.32 Å². The van der Waals surface area contributed by atoms with Crippen molar-refractivity contribution in [3.8, 4) is 0 Å². The van der Waals surface area contributed by atoms with Crippen molar-refractivity contribution in [2.75, 3.05) is 59.2 Å². The molecule has 3 fully saturated rings. The van der Waals surface area contributed by atoms with E-state index in [1.54, 1.807) is 39.2 Å². The monoisotopic (exact) mass is 875 g/mol. The van der Waals surface area contributed by atoms with E-state index in [-0.39, 0.29) is 86.7 Å². The standard InChI is InChI=1S/C45H65NO16/c1-44(2)15-14-33-10-6-12-35(58-33)25-36-13-7-11-34(59-36)23-32(48)24-41(51)60-38(27-47)26-37-21-30(22-40(50)55-4)42(45(44,53)62-37)61-43(52)29-8-5-9-31(20-29)46-39(49)28-57-19-18-56-17-16-54-3/h5,8-9,14-15,20,22,32-38,42,47-48,53H,6-7,10-13,16-19,21,23-28H2,1-4H3,(H,46,49)/b15-14-,30-22+/t32-,33-,34+,35+,36-,37+,38-,42+,45-/m1/s1. The number of fused-ring (bicyclic) bond motifs is 6. The molecular weight excluding hydrogens is 810 g/mol. The quantitative estimate of drug-likeness (QED) is 0.0729. The third-order valence-electron chi connectivity index (χ3n) is 11.6. The largest absolute Gasteiger partial charge is 0.466 e. The summed E-state index contributed by atoms with van der Waals surface area (Å²) in [7, 11) is 2.75. The number of benzene rings is 1. The summed E-state index contributed by atoms with van der Waals surface area (Å²) in [6, 6.07) is 6.00. The minimum Gasteiger partial charge on any atom is -0.466 e. The number of aliphatic hydroxyl groups excluding tert-OH is 2. The number of hydrogen-bond donors (Lipinski definition) is 4. The van der Waals surface area contributed by atoms with Gasteiger partial charge in [0.15, 0.2) is 6.10 Å². The Morgan fingerprint density at radius 3 is 2.35 bits per heavy atom. The Bertz CT molecular complexity index is 1700. The SMILES string of the molecule is COCCOCCOCC(=O)Nc1cccc(C(=O)O[C@H]2/C(=C/C(=O)OC)C[C@H]3C[C@H](CO)OC(=O)C[C@H](O)C[C@@H]4CCC[C@H](C[C@@H]5CCC[C@H](/C=C\C(C)(C)[C@]2(O)O3)O5)O4)c1. The topological polar surface area (TPSA) is 224 Å². The van der Waals surface area contributed by atoms with E-state index >= 15 is 0 Å². The molecule has 1 aromatic rings. The Kier molecular flexibility index (Phi) is 18.9. The number of carbonyl (C=O) groups excluding carboxylic acids is 4. The number of carbonyl (C=O) groups is 4. The summed E-state index contributed by atoms with van der Waals surface area (Å²) in [5.74, 6) is -5.28. The fourth-order valence-electron chi connectivity index (χ4n) is 8.32. The highest BCUT2D eigenvalue weighted by Crippen LogP contribution is 2.47. The molecule has 0 saturated carbocycles. The van der Waals surface area contributed by atoms with Gasteiger partial charge < -0.3 is 63.3 Å². The van der Waals surface area contributed by atoms with Crippen LogP contribution in [-0.4, -0.2) is 148 Å². The molecule has 0 radical (unpaired) electrons. The third kappa shape index (κ3) is 14.4. The number of methoxy groups -OCH3 is 2.